The summed E-state index contributed by atoms with van der Waals surface area (Å²) in [6.45, 7) is 9.86. The number of carboxylic acids is 1. The maximum absolute atomic E-state index is 12.0. The Labute approximate surface area is 124 Å². The first kappa shape index (κ1) is 17.2. The minimum Gasteiger partial charge on any atom is -0.481 e. The SMILES string of the molecule is CC(C)CC(CNC(=O)c1cc(C(C)(C)C)on1)C(=O)O. The van der Waals surface area contributed by atoms with Gasteiger partial charge in [0.25, 0.3) is 5.91 Å². The largest absolute Gasteiger partial charge is 0.481 e. The van der Waals surface area contributed by atoms with Gasteiger partial charge in [0.05, 0.1) is 5.92 Å². The summed E-state index contributed by atoms with van der Waals surface area (Å²) in [4.78, 5) is 23.1. The molecule has 6 heteroatoms. The number of amides is 1. The molecule has 1 unspecified atom stereocenters. The fourth-order valence-corrected chi connectivity index (χ4v) is 1.88. The lowest BCUT2D eigenvalue weighted by atomic mass is 9.93. The van der Waals surface area contributed by atoms with Crippen LogP contribution in [-0.2, 0) is 10.2 Å². The van der Waals surface area contributed by atoms with Gasteiger partial charge in [0, 0.05) is 18.0 Å². The number of hydrogen-bond donors (Lipinski definition) is 2. The second kappa shape index (κ2) is 6.74. The molecule has 1 heterocycles. The minimum atomic E-state index is -0.903. The van der Waals surface area contributed by atoms with Gasteiger partial charge in [-0.15, -0.1) is 0 Å². The van der Waals surface area contributed by atoms with Crippen LogP contribution in [0.3, 0.4) is 0 Å². The first-order valence-corrected chi connectivity index (χ1v) is 7.09. The van der Waals surface area contributed by atoms with Crippen molar-refractivity contribution in [3.8, 4) is 0 Å². The van der Waals surface area contributed by atoms with Crippen LogP contribution in [0.1, 0.15) is 57.3 Å². The summed E-state index contributed by atoms with van der Waals surface area (Å²) in [6, 6.07) is 1.59. The third-order valence-corrected chi connectivity index (χ3v) is 3.10. The maximum Gasteiger partial charge on any atom is 0.308 e. The molecule has 0 aliphatic heterocycles. The average molecular weight is 296 g/mol. The Bertz CT molecular complexity index is 500. The van der Waals surface area contributed by atoms with E-state index in [1.165, 1.54) is 0 Å². The van der Waals surface area contributed by atoms with E-state index in [4.69, 9.17) is 9.63 Å². The molecule has 0 fully saturated rings. The van der Waals surface area contributed by atoms with Crippen molar-refractivity contribution < 1.29 is 19.2 Å². The Kier molecular flexibility index (Phi) is 5.52. The van der Waals surface area contributed by atoms with Crippen LogP contribution in [0.15, 0.2) is 10.6 Å². The number of carbonyl (C=O) groups is 2. The molecule has 1 aromatic heterocycles. The molecule has 0 aromatic carbocycles. The molecule has 0 aliphatic carbocycles. The number of nitrogens with one attached hydrogen (secondary N) is 1. The van der Waals surface area contributed by atoms with Gasteiger partial charge in [0.15, 0.2) is 5.69 Å². The van der Waals surface area contributed by atoms with Gasteiger partial charge in [-0.3, -0.25) is 9.59 Å². The van der Waals surface area contributed by atoms with E-state index in [-0.39, 0.29) is 23.6 Å². The quantitative estimate of drug-likeness (QED) is 0.841. The van der Waals surface area contributed by atoms with Gasteiger partial charge >= 0.3 is 5.97 Å². The number of nitrogens with zero attached hydrogens (tertiary/aromatic N) is 1. The smallest absolute Gasteiger partial charge is 0.308 e. The second-order valence-electron chi connectivity index (χ2n) is 6.70. The van der Waals surface area contributed by atoms with Crippen molar-refractivity contribution in [2.24, 2.45) is 11.8 Å². The van der Waals surface area contributed by atoms with E-state index < -0.39 is 17.8 Å². The Morgan fingerprint density at radius 1 is 1.38 bits per heavy atom. The van der Waals surface area contributed by atoms with Gasteiger partial charge in [-0.2, -0.15) is 0 Å². The number of aromatic nitrogens is 1. The molecule has 0 spiro atoms. The molecule has 1 aromatic rings. The number of carboxylic acid groups (broad SMARTS) is 1. The summed E-state index contributed by atoms with van der Waals surface area (Å²) < 4.78 is 5.14. The molecule has 0 radical (unpaired) electrons. The van der Waals surface area contributed by atoms with Gasteiger partial charge in [-0.05, 0) is 12.3 Å². The molecule has 0 saturated heterocycles. The molecule has 0 bridgehead atoms. The first-order chi connectivity index (χ1) is 9.61. The van der Waals surface area contributed by atoms with Crippen molar-refractivity contribution in [3.63, 3.8) is 0 Å². The van der Waals surface area contributed by atoms with Gasteiger partial charge in [-0.25, -0.2) is 0 Å². The van der Waals surface area contributed by atoms with E-state index in [1.807, 2.05) is 34.6 Å². The average Bonchev–Trinajstić information content (AvgIpc) is 2.82. The zero-order valence-corrected chi connectivity index (χ0v) is 13.3. The van der Waals surface area contributed by atoms with Crippen LogP contribution < -0.4 is 5.32 Å². The second-order valence-corrected chi connectivity index (χ2v) is 6.70. The molecular formula is C15H24N2O4. The van der Waals surface area contributed by atoms with Gasteiger partial charge in [0.1, 0.15) is 5.76 Å². The monoisotopic (exact) mass is 296 g/mol. The van der Waals surface area contributed by atoms with Gasteiger partial charge in [-0.1, -0.05) is 39.8 Å². The Morgan fingerprint density at radius 2 is 2.00 bits per heavy atom. The fourth-order valence-electron chi connectivity index (χ4n) is 1.88. The predicted octanol–water partition coefficient (Wildman–Crippen LogP) is 2.45. The molecular weight excluding hydrogens is 272 g/mol. The third kappa shape index (κ3) is 5.21. The fraction of sp³-hybridized carbons (Fsp3) is 0.667. The molecule has 118 valence electrons. The molecule has 21 heavy (non-hydrogen) atoms. The number of rotatable bonds is 6. The zero-order chi connectivity index (χ0) is 16.2. The minimum absolute atomic E-state index is 0.0874. The lowest BCUT2D eigenvalue weighted by molar-refractivity contribution is -0.142. The number of aliphatic carboxylic acids is 1. The third-order valence-electron chi connectivity index (χ3n) is 3.10. The van der Waals surface area contributed by atoms with Crippen molar-refractivity contribution in [3.05, 3.63) is 17.5 Å². The molecule has 1 atom stereocenters. The topological polar surface area (TPSA) is 92.4 Å². The molecule has 1 rings (SSSR count). The van der Waals surface area contributed by atoms with E-state index in [9.17, 15) is 9.59 Å². The molecule has 1 amide bonds. The molecule has 2 N–H and O–H groups in total. The van der Waals surface area contributed by atoms with Gasteiger partial charge < -0.3 is 14.9 Å². The Hall–Kier alpha value is -1.85. The van der Waals surface area contributed by atoms with Crippen molar-refractivity contribution in [1.82, 2.24) is 10.5 Å². The first-order valence-electron chi connectivity index (χ1n) is 7.09. The summed E-state index contributed by atoms with van der Waals surface area (Å²) in [7, 11) is 0. The van der Waals surface area contributed by atoms with Crippen LogP contribution in [0, 0.1) is 11.8 Å². The van der Waals surface area contributed by atoms with E-state index in [1.54, 1.807) is 6.07 Å². The zero-order valence-electron chi connectivity index (χ0n) is 13.3. The molecule has 6 nitrogen and oxygen atoms in total. The predicted molar refractivity (Wildman–Crippen MR) is 78.1 cm³/mol. The van der Waals surface area contributed by atoms with Crippen molar-refractivity contribution in [2.45, 2.75) is 46.5 Å². The lowest BCUT2D eigenvalue weighted by Crippen LogP contribution is -2.33. The summed E-state index contributed by atoms with van der Waals surface area (Å²) in [5.41, 5.74) is -0.0548. The van der Waals surface area contributed by atoms with Crippen LogP contribution in [0.5, 0.6) is 0 Å². The van der Waals surface area contributed by atoms with E-state index in [0.717, 1.165) is 0 Å². The van der Waals surface area contributed by atoms with E-state index in [0.29, 0.717) is 12.2 Å². The number of hydrogen-bond acceptors (Lipinski definition) is 4. The Balaban J connectivity index is 2.64. The van der Waals surface area contributed by atoms with Crippen molar-refractivity contribution >= 4 is 11.9 Å². The summed E-state index contributed by atoms with van der Waals surface area (Å²) in [5, 5.41) is 15.5. The summed E-state index contributed by atoms with van der Waals surface area (Å²) >= 11 is 0. The van der Waals surface area contributed by atoms with Crippen LogP contribution in [0.2, 0.25) is 0 Å². The van der Waals surface area contributed by atoms with Crippen LogP contribution in [-0.4, -0.2) is 28.7 Å². The normalized spacial score (nSPS) is 13.2. The highest BCUT2D eigenvalue weighted by atomic mass is 16.5. The van der Waals surface area contributed by atoms with Crippen molar-refractivity contribution in [2.75, 3.05) is 6.54 Å². The highest BCUT2D eigenvalue weighted by molar-refractivity contribution is 5.92. The van der Waals surface area contributed by atoms with Crippen LogP contribution in [0.4, 0.5) is 0 Å². The summed E-state index contributed by atoms with van der Waals surface area (Å²) in [6.07, 6.45) is 0.516. The van der Waals surface area contributed by atoms with Crippen LogP contribution >= 0.6 is 0 Å². The van der Waals surface area contributed by atoms with Crippen molar-refractivity contribution in [1.29, 1.82) is 0 Å². The highest BCUT2D eigenvalue weighted by Crippen LogP contribution is 2.22. The highest BCUT2D eigenvalue weighted by Gasteiger charge is 2.24. The molecule has 0 saturated carbocycles. The maximum atomic E-state index is 12.0. The molecule has 0 aliphatic rings. The van der Waals surface area contributed by atoms with Crippen LogP contribution in [0.25, 0.3) is 0 Å². The van der Waals surface area contributed by atoms with E-state index >= 15 is 0 Å². The van der Waals surface area contributed by atoms with Gasteiger partial charge in [0.2, 0.25) is 0 Å². The lowest BCUT2D eigenvalue weighted by Gasteiger charge is -2.14. The standard InChI is InChI=1S/C15H24N2O4/c1-9(2)6-10(14(19)20)8-16-13(18)11-7-12(21-17-11)15(3,4)5/h7,9-10H,6,8H2,1-5H3,(H,16,18)(H,19,20). The Morgan fingerprint density at radius 3 is 2.43 bits per heavy atom. The van der Waals surface area contributed by atoms with E-state index in [2.05, 4.69) is 10.5 Å². The number of carbonyl (C=O) groups excluding carboxylic acids is 1. The summed E-state index contributed by atoms with van der Waals surface area (Å²) in [5.74, 6) is -1.04.